The van der Waals surface area contributed by atoms with Gasteiger partial charge in [-0.25, -0.2) is 9.97 Å². The second kappa shape index (κ2) is 7.56. The Kier molecular flexibility index (Phi) is 4.98. The molecule has 0 spiro atoms. The van der Waals surface area contributed by atoms with Crippen LogP contribution in [0.5, 0.6) is 0 Å². The molecule has 0 saturated carbocycles. The Morgan fingerprint density at radius 3 is 2.11 bits per heavy atom. The first-order valence-corrected chi connectivity index (χ1v) is 9.51. The van der Waals surface area contributed by atoms with E-state index in [0.717, 1.165) is 44.7 Å². The Morgan fingerprint density at radius 2 is 1.52 bits per heavy atom. The van der Waals surface area contributed by atoms with Crippen LogP contribution in [0.1, 0.15) is 12.8 Å². The molecule has 3 heterocycles. The van der Waals surface area contributed by atoms with Crippen molar-refractivity contribution in [1.82, 2.24) is 9.97 Å². The average Bonchev–Trinajstić information content (AvgIpc) is 3.22. The Hall–Kier alpha value is -2.61. The molecule has 2 aromatic rings. The summed E-state index contributed by atoms with van der Waals surface area (Å²) in [6, 6.07) is 7.75. The zero-order valence-electron chi connectivity index (χ0n) is 14.9. The molecule has 142 valence electrons. The van der Waals surface area contributed by atoms with Gasteiger partial charge in [0.25, 0.3) is 0 Å². The van der Waals surface area contributed by atoms with Crippen LogP contribution in [-0.4, -0.2) is 54.2 Å². The highest BCUT2D eigenvalue weighted by Crippen LogP contribution is 2.36. The van der Waals surface area contributed by atoms with Crippen LogP contribution < -0.4 is 14.7 Å². The number of benzene rings is 1. The number of piperazine rings is 1. The van der Waals surface area contributed by atoms with Gasteiger partial charge in [0.1, 0.15) is 6.33 Å². The molecule has 0 bridgehead atoms. The van der Waals surface area contributed by atoms with E-state index in [1.165, 1.54) is 6.33 Å². The molecule has 0 unspecified atom stereocenters. The molecule has 0 radical (unpaired) electrons. The van der Waals surface area contributed by atoms with Gasteiger partial charge in [0.05, 0.1) is 4.92 Å². The largest absolute Gasteiger partial charge is 0.368 e. The topological polar surface area (TPSA) is 78.6 Å². The van der Waals surface area contributed by atoms with Crippen LogP contribution in [0.3, 0.4) is 0 Å². The minimum absolute atomic E-state index is 0.0237. The molecule has 2 fully saturated rings. The van der Waals surface area contributed by atoms with Gasteiger partial charge >= 0.3 is 5.69 Å². The maximum atomic E-state index is 11.8. The first kappa shape index (κ1) is 17.8. The summed E-state index contributed by atoms with van der Waals surface area (Å²) in [4.78, 5) is 26.2. The molecule has 1 aromatic carbocycles. The second-order valence-electron chi connectivity index (χ2n) is 6.77. The lowest BCUT2D eigenvalue weighted by Gasteiger charge is -2.36. The van der Waals surface area contributed by atoms with Crippen molar-refractivity contribution in [2.24, 2.45) is 0 Å². The van der Waals surface area contributed by atoms with E-state index in [4.69, 9.17) is 11.6 Å². The van der Waals surface area contributed by atoms with E-state index in [9.17, 15) is 10.1 Å². The molecule has 27 heavy (non-hydrogen) atoms. The number of aromatic nitrogens is 2. The summed E-state index contributed by atoms with van der Waals surface area (Å²) >= 11 is 6.09. The number of hydrogen-bond acceptors (Lipinski definition) is 7. The van der Waals surface area contributed by atoms with Crippen molar-refractivity contribution in [3.63, 3.8) is 0 Å². The smallest absolute Gasteiger partial charge is 0.353 e. The molecule has 0 aliphatic carbocycles. The van der Waals surface area contributed by atoms with E-state index < -0.39 is 0 Å². The number of hydrogen-bond donors (Lipinski definition) is 0. The van der Waals surface area contributed by atoms with Crippen LogP contribution >= 0.6 is 11.6 Å². The van der Waals surface area contributed by atoms with E-state index >= 15 is 0 Å². The Balaban J connectivity index is 1.56. The minimum atomic E-state index is -0.341. The molecule has 2 saturated heterocycles. The van der Waals surface area contributed by atoms with Gasteiger partial charge < -0.3 is 14.7 Å². The second-order valence-corrected chi connectivity index (χ2v) is 7.21. The maximum Gasteiger partial charge on any atom is 0.353 e. The van der Waals surface area contributed by atoms with E-state index in [-0.39, 0.29) is 10.6 Å². The molecule has 0 N–H and O–H groups in total. The Morgan fingerprint density at radius 1 is 0.926 bits per heavy atom. The van der Waals surface area contributed by atoms with Crippen molar-refractivity contribution in [3.8, 4) is 0 Å². The van der Waals surface area contributed by atoms with Crippen molar-refractivity contribution < 1.29 is 4.92 Å². The number of anilines is 3. The van der Waals surface area contributed by atoms with Gasteiger partial charge in [0.2, 0.25) is 11.6 Å². The van der Waals surface area contributed by atoms with E-state index in [1.54, 1.807) is 0 Å². The van der Waals surface area contributed by atoms with E-state index in [0.29, 0.717) is 29.7 Å². The van der Waals surface area contributed by atoms with Gasteiger partial charge in [-0.2, -0.15) is 0 Å². The highest BCUT2D eigenvalue weighted by atomic mass is 35.5. The van der Waals surface area contributed by atoms with Crippen molar-refractivity contribution in [2.75, 3.05) is 54.0 Å². The molecule has 1 aromatic heterocycles. The standard InChI is InChI=1S/C18H21ClN6O2/c19-14-4-3-5-15(12-14)22-8-10-24(11-9-22)18-16(25(26)27)17(20-13-21-18)23-6-1-2-7-23/h3-5,12-13H,1-2,6-11H2. The van der Waals surface area contributed by atoms with Gasteiger partial charge in [0.15, 0.2) is 0 Å². The Labute approximate surface area is 162 Å². The van der Waals surface area contributed by atoms with Gasteiger partial charge in [-0.3, -0.25) is 10.1 Å². The number of nitrogens with zero attached hydrogens (tertiary/aromatic N) is 6. The molecule has 9 heteroatoms. The minimum Gasteiger partial charge on any atom is -0.368 e. The predicted octanol–water partition coefficient (Wildman–Crippen LogP) is 2.97. The van der Waals surface area contributed by atoms with Gasteiger partial charge in [-0.1, -0.05) is 17.7 Å². The molecule has 0 amide bonds. The third-order valence-electron chi connectivity index (χ3n) is 5.12. The lowest BCUT2D eigenvalue weighted by molar-refractivity contribution is -0.383. The van der Waals surface area contributed by atoms with Crippen molar-refractivity contribution in [1.29, 1.82) is 0 Å². The molecular formula is C18H21ClN6O2. The fourth-order valence-electron chi connectivity index (χ4n) is 3.76. The van der Waals surface area contributed by atoms with Gasteiger partial charge in [0, 0.05) is 50.0 Å². The van der Waals surface area contributed by atoms with Crippen LogP contribution in [0.4, 0.5) is 23.0 Å². The van der Waals surface area contributed by atoms with Crippen molar-refractivity contribution in [2.45, 2.75) is 12.8 Å². The summed E-state index contributed by atoms with van der Waals surface area (Å²) in [5, 5.41) is 12.5. The summed E-state index contributed by atoms with van der Waals surface area (Å²) in [5.41, 5.74) is 1.09. The van der Waals surface area contributed by atoms with Gasteiger partial charge in [-0.15, -0.1) is 0 Å². The SMILES string of the molecule is O=[N+]([O-])c1c(N2CCCC2)ncnc1N1CCN(c2cccc(Cl)c2)CC1. The maximum absolute atomic E-state index is 11.8. The Bertz CT molecular complexity index is 834. The summed E-state index contributed by atoms with van der Waals surface area (Å²) in [5.74, 6) is 0.863. The third-order valence-corrected chi connectivity index (χ3v) is 5.36. The number of nitro groups is 1. The normalized spacial score (nSPS) is 17.4. The highest BCUT2D eigenvalue weighted by molar-refractivity contribution is 6.30. The molecule has 2 aliphatic rings. The highest BCUT2D eigenvalue weighted by Gasteiger charge is 2.32. The van der Waals surface area contributed by atoms with Crippen LogP contribution in [-0.2, 0) is 0 Å². The summed E-state index contributed by atoms with van der Waals surface area (Å²) in [6.07, 6.45) is 3.52. The third kappa shape index (κ3) is 3.62. The molecule has 0 atom stereocenters. The first-order chi connectivity index (χ1) is 13.1. The summed E-state index contributed by atoms with van der Waals surface area (Å²) in [7, 11) is 0. The molecular weight excluding hydrogens is 368 g/mol. The van der Waals surface area contributed by atoms with E-state index in [2.05, 4.69) is 14.9 Å². The summed E-state index contributed by atoms with van der Waals surface area (Å²) in [6.45, 7) is 4.42. The zero-order chi connectivity index (χ0) is 18.8. The average molecular weight is 389 g/mol. The lowest BCUT2D eigenvalue weighted by atomic mass is 10.2. The number of rotatable bonds is 4. The van der Waals surface area contributed by atoms with Crippen LogP contribution in [0.2, 0.25) is 5.02 Å². The fourth-order valence-corrected chi connectivity index (χ4v) is 3.95. The van der Waals surface area contributed by atoms with Crippen molar-refractivity contribution >= 4 is 34.6 Å². The van der Waals surface area contributed by atoms with Gasteiger partial charge in [-0.05, 0) is 31.0 Å². The molecule has 4 rings (SSSR count). The van der Waals surface area contributed by atoms with Crippen molar-refractivity contribution in [3.05, 3.63) is 45.7 Å². The molecule has 8 nitrogen and oxygen atoms in total. The zero-order valence-corrected chi connectivity index (χ0v) is 15.7. The monoisotopic (exact) mass is 388 g/mol. The predicted molar refractivity (Wildman–Crippen MR) is 106 cm³/mol. The van der Waals surface area contributed by atoms with Crippen LogP contribution in [0, 0.1) is 10.1 Å². The quantitative estimate of drug-likeness (QED) is 0.588. The van der Waals surface area contributed by atoms with Crippen LogP contribution in [0.15, 0.2) is 30.6 Å². The summed E-state index contributed by atoms with van der Waals surface area (Å²) < 4.78 is 0. The van der Waals surface area contributed by atoms with E-state index in [1.807, 2.05) is 34.1 Å². The number of halogens is 1. The molecule has 2 aliphatic heterocycles. The van der Waals surface area contributed by atoms with Crippen LogP contribution in [0.25, 0.3) is 0 Å². The first-order valence-electron chi connectivity index (χ1n) is 9.13. The fraction of sp³-hybridized carbons (Fsp3) is 0.444. The lowest BCUT2D eigenvalue weighted by Crippen LogP contribution is -2.47.